The summed E-state index contributed by atoms with van der Waals surface area (Å²) in [4.78, 5) is 24.3. The van der Waals surface area contributed by atoms with E-state index in [1.807, 2.05) is 0 Å². The molecule has 28 heavy (non-hydrogen) atoms. The lowest BCUT2D eigenvalue weighted by Crippen LogP contribution is -2.55. The number of halogens is 1. The van der Waals surface area contributed by atoms with Crippen LogP contribution < -0.4 is 0 Å². The fraction of sp³-hybridized carbons (Fsp3) is 0.278. The summed E-state index contributed by atoms with van der Waals surface area (Å²) in [5.74, 6) is -0.726. The van der Waals surface area contributed by atoms with Crippen molar-refractivity contribution in [1.29, 1.82) is 0 Å². The molecule has 1 atom stereocenters. The zero-order valence-electron chi connectivity index (χ0n) is 14.6. The second-order valence-corrected chi connectivity index (χ2v) is 8.69. The van der Waals surface area contributed by atoms with Gasteiger partial charge < -0.3 is 4.90 Å². The molecule has 0 aliphatic carbocycles. The molecule has 2 aromatic carbocycles. The molecule has 0 N–H and O–H groups in total. The molecule has 0 spiro atoms. The Hall–Kier alpha value is -2.85. The van der Waals surface area contributed by atoms with E-state index in [9.17, 15) is 27.7 Å². The van der Waals surface area contributed by atoms with Crippen LogP contribution in [-0.4, -0.2) is 48.1 Å². The largest absolute Gasteiger partial charge is 0.333 e. The molecule has 1 saturated heterocycles. The molecule has 146 valence electrons. The summed E-state index contributed by atoms with van der Waals surface area (Å²) in [6, 6.07) is 8.51. The number of amides is 1. The molecule has 1 amide bonds. The van der Waals surface area contributed by atoms with Crippen LogP contribution in [0.1, 0.15) is 17.2 Å². The van der Waals surface area contributed by atoms with Gasteiger partial charge in [0.2, 0.25) is 15.9 Å². The van der Waals surface area contributed by atoms with Gasteiger partial charge in [0.05, 0.1) is 22.4 Å². The quantitative estimate of drug-likeness (QED) is 0.573. The van der Waals surface area contributed by atoms with E-state index in [0.717, 1.165) is 21.5 Å². The van der Waals surface area contributed by atoms with Gasteiger partial charge in [-0.1, -0.05) is 12.1 Å². The van der Waals surface area contributed by atoms with Gasteiger partial charge in [0.15, 0.2) is 0 Å². The molecule has 0 aromatic heterocycles. The Morgan fingerprint density at radius 1 is 1.18 bits per heavy atom. The van der Waals surface area contributed by atoms with E-state index in [0.29, 0.717) is 13.0 Å². The third-order valence-corrected chi connectivity index (χ3v) is 6.94. The molecule has 2 aliphatic heterocycles. The number of hydrogen-bond donors (Lipinski definition) is 0. The summed E-state index contributed by atoms with van der Waals surface area (Å²) in [6.07, 6.45) is 0.507. The van der Waals surface area contributed by atoms with E-state index < -0.39 is 21.0 Å². The second-order valence-electron chi connectivity index (χ2n) is 6.75. The van der Waals surface area contributed by atoms with Crippen LogP contribution in [0.15, 0.2) is 47.4 Å². The fourth-order valence-corrected chi connectivity index (χ4v) is 5.20. The normalized spacial score (nSPS) is 19.8. The number of piperazine rings is 1. The van der Waals surface area contributed by atoms with Gasteiger partial charge in [-0.15, -0.1) is 0 Å². The molecule has 2 heterocycles. The highest BCUT2D eigenvalue weighted by molar-refractivity contribution is 7.89. The first-order valence-corrected chi connectivity index (χ1v) is 10.0. The number of non-ortho nitro benzene ring substituents is 1. The van der Waals surface area contributed by atoms with Crippen molar-refractivity contribution in [2.45, 2.75) is 17.4 Å². The lowest BCUT2D eigenvalue weighted by Gasteiger charge is -2.44. The number of fused-ring (bicyclic) bond motifs is 3. The maximum Gasteiger partial charge on any atom is 0.270 e. The third-order valence-electron chi connectivity index (χ3n) is 5.14. The standard InChI is InChI=1S/C18H16FN3O5S/c19-13-4-5-16-12(8-13)6-7-21-17(16)10-20(11-18(21)23)28(26,27)15-3-1-2-14(9-15)22(24)25/h1-5,8-9,17H,6-7,10-11H2/t17-/m1/s1. The number of benzene rings is 2. The van der Waals surface area contributed by atoms with E-state index >= 15 is 0 Å². The van der Waals surface area contributed by atoms with Crippen molar-refractivity contribution < 1.29 is 22.5 Å². The maximum absolute atomic E-state index is 13.5. The van der Waals surface area contributed by atoms with Crippen LogP contribution in [0, 0.1) is 15.9 Å². The number of rotatable bonds is 3. The van der Waals surface area contributed by atoms with Gasteiger partial charge in [-0.3, -0.25) is 14.9 Å². The Morgan fingerprint density at radius 2 is 1.96 bits per heavy atom. The Morgan fingerprint density at radius 3 is 2.71 bits per heavy atom. The zero-order chi connectivity index (χ0) is 20.1. The van der Waals surface area contributed by atoms with Crippen molar-refractivity contribution in [1.82, 2.24) is 9.21 Å². The number of carbonyl (C=O) groups excluding carboxylic acids is 1. The van der Waals surface area contributed by atoms with Crippen LogP contribution in [0.4, 0.5) is 10.1 Å². The number of nitro benzene ring substituents is 1. The molecule has 0 saturated carbocycles. The summed E-state index contributed by atoms with van der Waals surface area (Å²) in [5, 5.41) is 11.0. The minimum Gasteiger partial charge on any atom is -0.333 e. The Kier molecular flexibility index (Phi) is 4.39. The predicted molar refractivity (Wildman–Crippen MR) is 96.4 cm³/mol. The molecule has 2 aromatic rings. The van der Waals surface area contributed by atoms with Gasteiger partial charge in [0, 0.05) is 25.2 Å². The molecule has 0 bridgehead atoms. The van der Waals surface area contributed by atoms with Crippen LogP contribution in [0.5, 0.6) is 0 Å². The van der Waals surface area contributed by atoms with Crippen LogP contribution in [0.25, 0.3) is 0 Å². The molecular weight excluding hydrogens is 389 g/mol. The SMILES string of the molecule is O=C1CN(S(=O)(=O)c2cccc([N+](=O)[O-])c2)C[C@@H]2c3ccc(F)cc3CCN12. The van der Waals surface area contributed by atoms with Crippen LogP contribution in [0.2, 0.25) is 0 Å². The first-order valence-electron chi connectivity index (χ1n) is 8.60. The van der Waals surface area contributed by atoms with Crippen LogP contribution >= 0.6 is 0 Å². The molecular formula is C18H16FN3O5S. The Bertz CT molecular complexity index is 1090. The van der Waals surface area contributed by atoms with Crippen LogP contribution in [0.3, 0.4) is 0 Å². The summed E-state index contributed by atoms with van der Waals surface area (Å²) in [5.41, 5.74) is 1.13. The molecule has 2 aliphatic rings. The zero-order valence-corrected chi connectivity index (χ0v) is 15.4. The predicted octanol–water partition coefficient (Wildman–Crippen LogP) is 1.86. The second kappa shape index (κ2) is 6.64. The van der Waals surface area contributed by atoms with Crippen molar-refractivity contribution in [2.24, 2.45) is 0 Å². The van der Waals surface area contributed by atoms with Gasteiger partial charge in [-0.05, 0) is 35.7 Å². The number of nitro groups is 1. The molecule has 4 rings (SSSR count). The summed E-state index contributed by atoms with van der Waals surface area (Å²) >= 11 is 0. The van der Waals surface area contributed by atoms with E-state index in [1.165, 1.54) is 30.3 Å². The first kappa shape index (κ1) is 18.5. The maximum atomic E-state index is 13.5. The molecule has 8 nitrogen and oxygen atoms in total. The monoisotopic (exact) mass is 405 g/mol. The summed E-state index contributed by atoms with van der Waals surface area (Å²) in [6.45, 7) is 0.0676. The van der Waals surface area contributed by atoms with Gasteiger partial charge in [-0.25, -0.2) is 12.8 Å². The van der Waals surface area contributed by atoms with Crippen molar-refractivity contribution in [3.63, 3.8) is 0 Å². The van der Waals surface area contributed by atoms with Crippen molar-refractivity contribution in [2.75, 3.05) is 19.6 Å². The molecule has 1 fully saturated rings. The van der Waals surface area contributed by atoms with Gasteiger partial charge >= 0.3 is 0 Å². The molecule has 10 heteroatoms. The average Bonchev–Trinajstić information content (AvgIpc) is 2.67. The van der Waals surface area contributed by atoms with Gasteiger partial charge in [0.25, 0.3) is 5.69 Å². The van der Waals surface area contributed by atoms with E-state index in [1.54, 1.807) is 11.0 Å². The summed E-state index contributed by atoms with van der Waals surface area (Å²) < 4.78 is 40.6. The van der Waals surface area contributed by atoms with Crippen LogP contribution in [-0.2, 0) is 21.2 Å². The molecule has 0 unspecified atom stereocenters. The summed E-state index contributed by atoms with van der Waals surface area (Å²) in [7, 11) is -4.10. The highest BCUT2D eigenvalue weighted by Gasteiger charge is 2.41. The van der Waals surface area contributed by atoms with E-state index in [2.05, 4.69) is 0 Å². The fourth-order valence-electron chi connectivity index (χ4n) is 3.76. The lowest BCUT2D eigenvalue weighted by atomic mass is 9.91. The lowest BCUT2D eigenvalue weighted by molar-refractivity contribution is -0.385. The number of hydrogen-bond acceptors (Lipinski definition) is 5. The van der Waals surface area contributed by atoms with Crippen molar-refractivity contribution >= 4 is 21.6 Å². The first-order chi connectivity index (χ1) is 13.3. The van der Waals surface area contributed by atoms with Gasteiger partial charge in [0.1, 0.15) is 5.82 Å². The third kappa shape index (κ3) is 3.04. The Balaban J connectivity index is 1.70. The van der Waals surface area contributed by atoms with Crippen molar-refractivity contribution in [3.05, 3.63) is 69.5 Å². The topological polar surface area (TPSA) is 101 Å². The van der Waals surface area contributed by atoms with E-state index in [4.69, 9.17) is 0 Å². The highest BCUT2D eigenvalue weighted by atomic mass is 32.2. The number of sulfonamides is 1. The highest BCUT2D eigenvalue weighted by Crippen LogP contribution is 2.35. The minimum absolute atomic E-state index is 0.00932. The van der Waals surface area contributed by atoms with E-state index in [-0.39, 0.29) is 35.4 Å². The number of carbonyl (C=O) groups is 1. The minimum atomic E-state index is -4.10. The smallest absolute Gasteiger partial charge is 0.270 e. The van der Waals surface area contributed by atoms with Gasteiger partial charge in [-0.2, -0.15) is 4.31 Å². The Labute approximate surface area is 160 Å². The number of nitrogens with zero attached hydrogens (tertiary/aromatic N) is 3. The molecule has 0 radical (unpaired) electrons. The average molecular weight is 405 g/mol. The van der Waals surface area contributed by atoms with Crippen molar-refractivity contribution in [3.8, 4) is 0 Å².